The minimum atomic E-state index is -0.231. The van der Waals surface area contributed by atoms with Gasteiger partial charge in [0.25, 0.3) is 0 Å². The molecule has 0 heterocycles. The molecule has 1 N–H and O–H groups in total. The highest BCUT2D eigenvalue weighted by Crippen LogP contribution is 2.29. The lowest BCUT2D eigenvalue weighted by molar-refractivity contribution is 0.0903. The zero-order chi connectivity index (χ0) is 13.1. The van der Waals surface area contributed by atoms with Crippen molar-refractivity contribution in [1.82, 2.24) is 5.32 Å². The maximum absolute atomic E-state index is 13.9. The Balaban J connectivity index is 2.13. The van der Waals surface area contributed by atoms with E-state index >= 15 is 0 Å². The quantitative estimate of drug-likeness (QED) is 0.890. The van der Waals surface area contributed by atoms with E-state index in [2.05, 4.69) is 12.2 Å². The zero-order valence-electron chi connectivity index (χ0n) is 11.4. The van der Waals surface area contributed by atoms with Gasteiger partial charge in [0, 0.05) is 6.04 Å². The summed E-state index contributed by atoms with van der Waals surface area (Å²) in [6.07, 6.45) is 3.35. The number of benzene rings is 1. The molecule has 0 radical (unpaired) electrons. The fourth-order valence-corrected chi connectivity index (χ4v) is 2.66. The molecule has 0 bridgehead atoms. The minimum Gasteiger partial charge on any atom is -0.486 e. The predicted molar refractivity (Wildman–Crippen MR) is 71.4 cm³/mol. The van der Waals surface area contributed by atoms with Crippen molar-refractivity contribution in [2.24, 2.45) is 5.92 Å². The SMILES string of the molecule is CNC1CCC(C)CC1Oc1cccc(C)c1F. The van der Waals surface area contributed by atoms with E-state index in [-0.39, 0.29) is 11.9 Å². The molecule has 2 rings (SSSR count). The first-order valence-corrected chi connectivity index (χ1v) is 6.71. The van der Waals surface area contributed by atoms with Gasteiger partial charge < -0.3 is 10.1 Å². The number of hydrogen-bond donors (Lipinski definition) is 1. The number of ether oxygens (including phenoxy) is 1. The van der Waals surface area contributed by atoms with Crippen molar-refractivity contribution in [2.45, 2.75) is 45.3 Å². The van der Waals surface area contributed by atoms with E-state index in [0.29, 0.717) is 23.3 Å². The summed E-state index contributed by atoms with van der Waals surface area (Å²) in [5.74, 6) is 0.799. The van der Waals surface area contributed by atoms with E-state index < -0.39 is 0 Å². The van der Waals surface area contributed by atoms with Crippen LogP contribution in [0.1, 0.15) is 31.7 Å². The van der Waals surface area contributed by atoms with E-state index in [4.69, 9.17) is 4.74 Å². The minimum absolute atomic E-state index is 0.0649. The first-order chi connectivity index (χ1) is 8.61. The van der Waals surface area contributed by atoms with Crippen LogP contribution in [0.15, 0.2) is 18.2 Å². The normalized spacial score (nSPS) is 28.1. The summed E-state index contributed by atoms with van der Waals surface area (Å²) in [5.41, 5.74) is 0.636. The second-order valence-electron chi connectivity index (χ2n) is 5.36. The summed E-state index contributed by atoms with van der Waals surface area (Å²) in [6, 6.07) is 5.64. The molecule has 0 aliphatic heterocycles. The Morgan fingerprint density at radius 2 is 2.11 bits per heavy atom. The van der Waals surface area contributed by atoms with E-state index in [9.17, 15) is 4.39 Å². The average Bonchev–Trinajstić information content (AvgIpc) is 2.35. The number of rotatable bonds is 3. The Labute approximate surface area is 109 Å². The topological polar surface area (TPSA) is 21.3 Å². The summed E-state index contributed by atoms with van der Waals surface area (Å²) in [5, 5.41) is 3.28. The molecular formula is C15H22FNO. The van der Waals surface area contributed by atoms with Crippen LogP contribution < -0.4 is 10.1 Å². The van der Waals surface area contributed by atoms with Crippen molar-refractivity contribution < 1.29 is 9.13 Å². The molecule has 0 amide bonds. The van der Waals surface area contributed by atoms with Crippen LogP contribution >= 0.6 is 0 Å². The van der Waals surface area contributed by atoms with Crippen molar-refractivity contribution in [3.05, 3.63) is 29.6 Å². The maximum atomic E-state index is 13.9. The lowest BCUT2D eigenvalue weighted by Gasteiger charge is -2.34. The van der Waals surface area contributed by atoms with E-state index in [1.54, 1.807) is 19.1 Å². The van der Waals surface area contributed by atoms with Gasteiger partial charge in [-0.05, 0) is 50.8 Å². The highest BCUT2D eigenvalue weighted by Gasteiger charge is 2.29. The molecule has 3 heteroatoms. The van der Waals surface area contributed by atoms with Crippen LogP contribution in [-0.4, -0.2) is 19.2 Å². The van der Waals surface area contributed by atoms with Gasteiger partial charge in [-0.3, -0.25) is 0 Å². The third-order valence-electron chi connectivity index (χ3n) is 3.86. The first-order valence-electron chi connectivity index (χ1n) is 6.71. The number of aryl methyl sites for hydroxylation is 1. The molecule has 1 fully saturated rings. The number of hydrogen-bond acceptors (Lipinski definition) is 2. The van der Waals surface area contributed by atoms with Crippen LogP contribution in [0.4, 0.5) is 4.39 Å². The molecular weight excluding hydrogens is 229 g/mol. The second-order valence-corrected chi connectivity index (χ2v) is 5.36. The summed E-state index contributed by atoms with van der Waals surface area (Å²) >= 11 is 0. The Bertz CT molecular complexity index is 407. The highest BCUT2D eigenvalue weighted by molar-refractivity contribution is 5.30. The molecule has 0 spiro atoms. The van der Waals surface area contributed by atoms with Crippen LogP contribution in [0.2, 0.25) is 0 Å². The molecule has 1 aliphatic carbocycles. The smallest absolute Gasteiger partial charge is 0.167 e. The molecule has 3 unspecified atom stereocenters. The van der Waals surface area contributed by atoms with E-state index in [1.807, 2.05) is 13.1 Å². The largest absolute Gasteiger partial charge is 0.486 e. The van der Waals surface area contributed by atoms with Crippen LogP contribution in [-0.2, 0) is 0 Å². The first kappa shape index (κ1) is 13.3. The highest BCUT2D eigenvalue weighted by atomic mass is 19.1. The molecule has 1 aromatic carbocycles. The molecule has 1 saturated carbocycles. The van der Waals surface area contributed by atoms with Gasteiger partial charge in [0.15, 0.2) is 11.6 Å². The van der Waals surface area contributed by atoms with Gasteiger partial charge in [0.05, 0.1) is 0 Å². The molecule has 0 aromatic heterocycles. The van der Waals surface area contributed by atoms with Gasteiger partial charge >= 0.3 is 0 Å². The summed E-state index contributed by atoms with van der Waals surface area (Å²) in [4.78, 5) is 0. The van der Waals surface area contributed by atoms with Crippen LogP contribution in [0, 0.1) is 18.7 Å². The lowest BCUT2D eigenvalue weighted by atomic mass is 9.85. The molecule has 100 valence electrons. The molecule has 3 atom stereocenters. The lowest BCUT2D eigenvalue weighted by Crippen LogP contribution is -2.45. The van der Waals surface area contributed by atoms with E-state index in [0.717, 1.165) is 12.8 Å². The van der Waals surface area contributed by atoms with Crippen LogP contribution in [0.3, 0.4) is 0 Å². The zero-order valence-corrected chi connectivity index (χ0v) is 11.4. The summed E-state index contributed by atoms with van der Waals surface area (Å²) in [6.45, 7) is 4.00. The third-order valence-corrected chi connectivity index (χ3v) is 3.86. The van der Waals surface area contributed by atoms with Gasteiger partial charge in [-0.25, -0.2) is 4.39 Å². The van der Waals surface area contributed by atoms with E-state index in [1.165, 1.54) is 6.42 Å². The number of nitrogens with one attached hydrogen (secondary N) is 1. The van der Waals surface area contributed by atoms with Gasteiger partial charge in [-0.1, -0.05) is 19.1 Å². The third kappa shape index (κ3) is 2.83. The fraction of sp³-hybridized carbons (Fsp3) is 0.600. The van der Waals surface area contributed by atoms with Crippen molar-refractivity contribution in [3.63, 3.8) is 0 Å². The molecule has 0 saturated heterocycles. The van der Waals surface area contributed by atoms with Crippen molar-refractivity contribution in [3.8, 4) is 5.75 Å². The molecule has 1 aromatic rings. The maximum Gasteiger partial charge on any atom is 0.167 e. The second kappa shape index (κ2) is 5.70. The molecule has 2 nitrogen and oxygen atoms in total. The van der Waals surface area contributed by atoms with Crippen LogP contribution in [0.5, 0.6) is 5.75 Å². The predicted octanol–water partition coefficient (Wildman–Crippen LogP) is 3.29. The standard InChI is InChI=1S/C15H22FNO/c1-10-7-8-12(17-3)14(9-10)18-13-6-4-5-11(2)15(13)16/h4-6,10,12,14,17H,7-9H2,1-3H3. The Hall–Kier alpha value is -1.09. The summed E-state index contributed by atoms with van der Waals surface area (Å²) < 4.78 is 19.8. The monoisotopic (exact) mass is 251 g/mol. The Kier molecular flexibility index (Phi) is 4.23. The molecule has 18 heavy (non-hydrogen) atoms. The van der Waals surface area contributed by atoms with Crippen molar-refractivity contribution in [2.75, 3.05) is 7.05 Å². The Morgan fingerprint density at radius 1 is 1.33 bits per heavy atom. The average molecular weight is 251 g/mol. The number of likely N-dealkylation sites (N-methyl/N-ethyl adjacent to an activating group) is 1. The van der Waals surface area contributed by atoms with Crippen molar-refractivity contribution >= 4 is 0 Å². The molecule has 1 aliphatic rings. The Morgan fingerprint density at radius 3 is 2.83 bits per heavy atom. The van der Waals surface area contributed by atoms with Gasteiger partial charge in [0.1, 0.15) is 6.10 Å². The van der Waals surface area contributed by atoms with Crippen molar-refractivity contribution in [1.29, 1.82) is 0 Å². The number of halogens is 1. The fourth-order valence-electron chi connectivity index (χ4n) is 2.66. The van der Waals surface area contributed by atoms with Crippen LogP contribution in [0.25, 0.3) is 0 Å². The summed E-state index contributed by atoms with van der Waals surface area (Å²) in [7, 11) is 1.95. The van der Waals surface area contributed by atoms with Gasteiger partial charge in [-0.2, -0.15) is 0 Å². The van der Waals surface area contributed by atoms with Gasteiger partial charge in [-0.15, -0.1) is 0 Å². The van der Waals surface area contributed by atoms with Gasteiger partial charge in [0.2, 0.25) is 0 Å².